The van der Waals surface area contributed by atoms with Gasteiger partial charge in [0.25, 0.3) is 5.78 Å². The summed E-state index contributed by atoms with van der Waals surface area (Å²) in [6.07, 6.45) is 2.98. The maximum atomic E-state index is 13.7. The standard InChI is InChI=1S/C33H38N2O8S/c1-6-10-11-18-43-24-17-14-22(19-25(24)41-8-3)27-26(28(36)21-12-15-23(16-13-21)40-7-2)29(37)31(38)35(27)33-34-20(5)30(44-33)32(39)42-9-4/h12-17,19,27,36H,6-11,18H2,1-5H3. The van der Waals surface area contributed by atoms with E-state index in [2.05, 4.69) is 11.9 Å². The summed E-state index contributed by atoms with van der Waals surface area (Å²) in [6, 6.07) is 10.7. The number of aliphatic hydroxyl groups is 1. The first-order chi connectivity index (χ1) is 21.2. The fourth-order valence-electron chi connectivity index (χ4n) is 4.86. The van der Waals surface area contributed by atoms with Gasteiger partial charge in [0, 0.05) is 5.56 Å². The molecular weight excluding hydrogens is 584 g/mol. The number of aromatic nitrogens is 1. The van der Waals surface area contributed by atoms with Crippen LogP contribution in [0.1, 0.15) is 79.5 Å². The third-order valence-electron chi connectivity index (χ3n) is 6.92. The highest BCUT2D eigenvalue weighted by Crippen LogP contribution is 2.45. The minimum Gasteiger partial charge on any atom is -0.507 e. The second-order valence-electron chi connectivity index (χ2n) is 9.95. The maximum Gasteiger partial charge on any atom is 0.350 e. The molecule has 0 saturated carbocycles. The Balaban J connectivity index is 1.87. The zero-order chi connectivity index (χ0) is 31.8. The number of aryl methyl sites for hydroxylation is 1. The number of hydrogen-bond acceptors (Lipinski definition) is 10. The first kappa shape index (κ1) is 32.5. The molecule has 1 N–H and O–H groups in total. The molecule has 1 saturated heterocycles. The largest absolute Gasteiger partial charge is 0.507 e. The minimum atomic E-state index is -1.07. The van der Waals surface area contributed by atoms with Gasteiger partial charge in [0.15, 0.2) is 16.6 Å². The molecule has 1 atom stereocenters. The van der Waals surface area contributed by atoms with Crippen molar-refractivity contribution < 1.29 is 38.4 Å². The molecule has 0 spiro atoms. The number of amides is 1. The van der Waals surface area contributed by atoms with Crippen LogP contribution in [-0.2, 0) is 14.3 Å². The van der Waals surface area contributed by atoms with Crippen molar-refractivity contribution in [3.8, 4) is 17.2 Å². The summed E-state index contributed by atoms with van der Waals surface area (Å²) in [4.78, 5) is 45.9. The Morgan fingerprint density at radius 2 is 1.66 bits per heavy atom. The van der Waals surface area contributed by atoms with Gasteiger partial charge in [-0.3, -0.25) is 14.5 Å². The van der Waals surface area contributed by atoms with Crippen molar-refractivity contribution in [2.24, 2.45) is 0 Å². The zero-order valence-electron chi connectivity index (χ0n) is 25.7. The van der Waals surface area contributed by atoms with Crippen LogP contribution in [0.4, 0.5) is 5.13 Å². The number of aliphatic hydroxyl groups excluding tert-OH is 1. The quantitative estimate of drug-likeness (QED) is 0.0694. The average molecular weight is 623 g/mol. The molecule has 1 unspecified atom stereocenters. The number of carbonyl (C=O) groups is 3. The number of ether oxygens (including phenoxy) is 4. The van der Waals surface area contributed by atoms with Crippen molar-refractivity contribution in [2.75, 3.05) is 31.3 Å². The molecule has 1 fully saturated rings. The van der Waals surface area contributed by atoms with Crippen LogP contribution in [-0.4, -0.2) is 54.2 Å². The highest BCUT2D eigenvalue weighted by atomic mass is 32.1. The maximum absolute atomic E-state index is 13.7. The van der Waals surface area contributed by atoms with Crippen LogP contribution in [0.2, 0.25) is 0 Å². The van der Waals surface area contributed by atoms with Crippen molar-refractivity contribution in [3.63, 3.8) is 0 Å². The smallest absolute Gasteiger partial charge is 0.350 e. The number of unbranched alkanes of at least 4 members (excludes halogenated alkanes) is 2. The van der Waals surface area contributed by atoms with Gasteiger partial charge in [0.2, 0.25) is 0 Å². The monoisotopic (exact) mass is 622 g/mol. The van der Waals surface area contributed by atoms with Gasteiger partial charge in [-0.05, 0) is 76.1 Å². The molecule has 4 rings (SSSR count). The Kier molecular flexibility index (Phi) is 11.0. The Morgan fingerprint density at radius 1 is 0.932 bits per heavy atom. The Bertz CT molecular complexity index is 1530. The topological polar surface area (TPSA) is 124 Å². The van der Waals surface area contributed by atoms with E-state index in [4.69, 9.17) is 18.9 Å². The molecule has 1 aromatic heterocycles. The van der Waals surface area contributed by atoms with Crippen LogP contribution < -0.4 is 19.1 Å². The highest BCUT2D eigenvalue weighted by molar-refractivity contribution is 7.17. The molecule has 0 aliphatic carbocycles. The molecule has 10 nitrogen and oxygen atoms in total. The highest BCUT2D eigenvalue weighted by Gasteiger charge is 2.48. The van der Waals surface area contributed by atoms with Gasteiger partial charge in [0.1, 0.15) is 16.4 Å². The minimum absolute atomic E-state index is 0.122. The SMILES string of the molecule is CCCCCOc1ccc(C2C(=C(O)c3ccc(OCC)cc3)C(=O)C(=O)N2c2nc(C)c(C(=O)OCC)s2)cc1OCC. The van der Waals surface area contributed by atoms with E-state index < -0.39 is 23.7 Å². The molecule has 11 heteroatoms. The van der Waals surface area contributed by atoms with Gasteiger partial charge in [-0.1, -0.05) is 37.2 Å². The fourth-order valence-corrected chi connectivity index (χ4v) is 5.85. The van der Waals surface area contributed by atoms with Gasteiger partial charge in [-0.2, -0.15) is 0 Å². The van der Waals surface area contributed by atoms with Crippen molar-refractivity contribution in [3.05, 3.63) is 69.7 Å². The number of rotatable bonds is 14. The first-order valence-electron chi connectivity index (χ1n) is 14.8. The van der Waals surface area contributed by atoms with E-state index in [9.17, 15) is 19.5 Å². The van der Waals surface area contributed by atoms with Crippen LogP contribution in [0.15, 0.2) is 48.0 Å². The van der Waals surface area contributed by atoms with Gasteiger partial charge in [0.05, 0.1) is 43.7 Å². The van der Waals surface area contributed by atoms with E-state index in [0.717, 1.165) is 30.6 Å². The van der Waals surface area contributed by atoms with E-state index in [-0.39, 0.29) is 27.9 Å². The number of nitrogens with zero attached hydrogens (tertiary/aromatic N) is 2. The Morgan fingerprint density at radius 3 is 2.32 bits per heavy atom. The Labute approximate surface area is 261 Å². The van der Waals surface area contributed by atoms with Gasteiger partial charge < -0.3 is 24.1 Å². The number of Topliss-reactive ketones (excluding diaryl/α,β-unsaturated/α-hetero) is 1. The molecule has 1 aliphatic heterocycles. The van der Waals surface area contributed by atoms with Gasteiger partial charge in [-0.25, -0.2) is 9.78 Å². The van der Waals surface area contributed by atoms with Crippen molar-refractivity contribution in [1.29, 1.82) is 0 Å². The number of thiazole rings is 1. The molecule has 44 heavy (non-hydrogen) atoms. The lowest BCUT2D eigenvalue weighted by Crippen LogP contribution is -2.29. The normalized spacial score (nSPS) is 15.8. The summed E-state index contributed by atoms with van der Waals surface area (Å²) in [6.45, 7) is 10.7. The summed E-state index contributed by atoms with van der Waals surface area (Å²) in [5.74, 6) is -1.12. The van der Waals surface area contributed by atoms with E-state index in [1.54, 1.807) is 56.3 Å². The second kappa shape index (κ2) is 14.9. The third kappa shape index (κ3) is 6.88. The summed E-state index contributed by atoms with van der Waals surface area (Å²) < 4.78 is 22.6. The number of esters is 1. The number of hydrogen-bond donors (Lipinski definition) is 1. The predicted octanol–water partition coefficient (Wildman–Crippen LogP) is 6.62. The Hall–Kier alpha value is -4.38. The van der Waals surface area contributed by atoms with Crippen LogP contribution in [0.5, 0.6) is 17.2 Å². The molecule has 234 valence electrons. The average Bonchev–Trinajstić information content (AvgIpc) is 3.52. The lowest BCUT2D eigenvalue weighted by Gasteiger charge is -2.24. The number of anilines is 1. The molecule has 1 aliphatic rings. The molecular formula is C33H38N2O8S. The van der Waals surface area contributed by atoms with Crippen LogP contribution in [0.3, 0.4) is 0 Å². The molecule has 0 radical (unpaired) electrons. The lowest BCUT2D eigenvalue weighted by atomic mass is 9.95. The summed E-state index contributed by atoms with van der Waals surface area (Å²) in [7, 11) is 0. The summed E-state index contributed by atoms with van der Waals surface area (Å²) in [5.41, 5.74) is 1.07. The molecule has 1 amide bonds. The lowest BCUT2D eigenvalue weighted by molar-refractivity contribution is -0.132. The number of ketones is 1. The van der Waals surface area contributed by atoms with Crippen molar-refractivity contribution in [2.45, 2.75) is 59.9 Å². The number of carbonyl (C=O) groups excluding carboxylic acids is 3. The van der Waals surface area contributed by atoms with E-state index in [1.165, 1.54) is 4.90 Å². The van der Waals surface area contributed by atoms with Gasteiger partial charge in [-0.15, -0.1) is 0 Å². The zero-order valence-corrected chi connectivity index (χ0v) is 26.5. The summed E-state index contributed by atoms with van der Waals surface area (Å²) in [5, 5.41) is 11.7. The molecule has 2 aromatic carbocycles. The molecule has 2 heterocycles. The van der Waals surface area contributed by atoms with Crippen LogP contribution in [0, 0.1) is 6.92 Å². The predicted molar refractivity (Wildman–Crippen MR) is 168 cm³/mol. The van der Waals surface area contributed by atoms with E-state index >= 15 is 0 Å². The third-order valence-corrected chi connectivity index (χ3v) is 8.06. The van der Waals surface area contributed by atoms with E-state index in [1.807, 2.05) is 13.8 Å². The van der Waals surface area contributed by atoms with Crippen molar-refractivity contribution >= 4 is 39.9 Å². The molecule has 3 aromatic rings. The van der Waals surface area contributed by atoms with Crippen molar-refractivity contribution in [1.82, 2.24) is 4.98 Å². The van der Waals surface area contributed by atoms with Crippen LogP contribution >= 0.6 is 11.3 Å². The van der Waals surface area contributed by atoms with E-state index in [0.29, 0.717) is 53.9 Å². The van der Waals surface area contributed by atoms with Gasteiger partial charge >= 0.3 is 11.9 Å². The summed E-state index contributed by atoms with van der Waals surface area (Å²) >= 11 is 0.950. The second-order valence-corrected chi connectivity index (χ2v) is 10.9. The fraction of sp³-hybridized carbons (Fsp3) is 0.394. The molecule has 0 bridgehead atoms. The number of benzene rings is 2. The van der Waals surface area contributed by atoms with Crippen LogP contribution in [0.25, 0.3) is 5.76 Å². The first-order valence-corrected chi connectivity index (χ1v) is 15.6.